The zero-order chi connectivity index (χ0) is 14.8. The van der Waals surface area contributed by atoms with Crippen molar-refractivity contribution < 1.29 is 9.13 Å². The zero-order valence-corrected chi connectivity index (χ0v) is 11.6. The standard InChI is InChI=1S/C16H14FN3O/c1-21-12-5-6-13(17)15(8-12)20-16-11(9-18)7-10-3-2-4-14(10)19-16/h5-8H,2-4H2,1H3,(H,19,20). The molecule has 4 nitrogen and oxygen atoms in total. The monoisotopic (exact) mass is 283 g/mol. The summed E-state index contributed by atoms with van der Waals surface area (Å²) in [5.74, 6) is 0.519. The van der Waals surface area contributed by atoms with Crippen molar-refractivity contribution in [2.24, 2.45) is 0 Å². The molecule has 0 saturated heterocycles. The van der Waals surface area contributed by atoms with E-state index in [9.17, 15) is 9.65 Å². The van der Waals surface area contributed by atoms with Crippen LogP contribution in [0, 0.1) is 17.1 Å². The summed E-state index contributed by atoms with van der Waals surface area (Å²) in [7, 11) is 1.52. The Hall–Kier alpha value is -2.61. The quantitative estimate of drug-likeness (QED) is 0.938. The van der Waals surface area contributed by atoms with E-state index in [1.165, 1.54) is 13.2 Å². The number of hydrogen-bond donors (Lipinski definition) is 1. The lowest BCUT2D eigenvalue weighted by Gasteiger charge is -2.11. The van der Waals surface area contributed by atoms with Crippen LogP contribution in [0.5, 0.6) is 5.75 Å². The third kappa shape index (κ3) is 2.52. The van der Waals surface area contributed by atoms with Crippen LogP contribution in [0.3, 0.4) is 0 Å². The van der Waals surface area contributed by atoms with Crippen LogP contribution in [0.1, 0.15) is 23.2 Å². The third-order valence-corrected chi connectivity index (χ3v) is 3.60. The van der Waals surface area contributed by atoms with Crippen molar-refractivity contribution in [2.45, 2.75) is 19.3 Å². The molecule has 1 aromatic carbocycles. The van der Waals surface area contributed by atoms with E-state index in [0.717, 1.165) is 30.5 Å². The van der Waals surface area contributed by atoms with E-state index < -0.39 is 5.82 Å². The Balaban J connectivity index is 2.00. The summed E-state index contributed by atoms with van der Waals surface area (Å²) < 4.78 is 19.0. The summed E-state index contributed by atoms with van der Waals surface area (Å²) in [6.45, 7) is 0. The second kappa shape index (κ2) is 5.41. The lowest BCUT2D eigenvalue weighted by atomic mass is 10.1. The lowest BCUT2D eigenvalue weighted by molar-refractivity contribution is 0.414. The number of nitrogens with zero attached hydrogens (tertiary/aromatic N) is 2. The minimum Gasteiger partial charge on any atom is -0.497 e. The van der Waals surface area contributed by atoms with Crippen molar-refractivity contribution in [3.8, 4) is 11.8 Å². The van der Waals surface area contributed by atoms with Crippen LogP contribution in [0.4, 0.5) is 15.9 Å². The Bertz CT molecular complexity index is 737. The molecule has 2 aromatic rings. The minimum absolute atomic E-state index is 0.247. The fourth-order valence-electron chi connectivity index (χ4n) is 2.51. The number of aromatic nitrogens is 1. The first-order chi connectivity index (χ1) is 10.2. The van der Waals surface area contributed by atoms with Gasteiger partial charge in [0.05, 0.1) is 18.4 Å². The van der Waals surface area contributed by atoms with Gasteiger partial charge < -0.3 is 10.1 Å². The van der Waals surface area contributed by atoms with E-state index in [1.807, 2.05) is 6.07 Å². The number of fused-ring (bicyclic) bond motifs is 1. The fraction of sp³-hybridized carbons (Fsp3) is 0.250. The normalized spacial score (nSPS) is 12.6. The maximum atomic E-state index is 13.9. The average molecular weight is 283 g/mol. The highest BCUT2D eigenvalue weighted by Crippen LogP contribution is 2.29. The molecule has 0 radical (unpaired) electrons. The number of halogens is 1. The predicted molar refractivity (Wildman–Crippen MR) is 77.2 cm³/mol. The fourth-order valence-corrected chi connectivity index (χ4v) is 2.51. The molecule has 1 aliphatic rings. The smallest absolute Gasteiger partial charge is 0.148 e. The number of anilines is 2. The number of nitrogens with one attached hydrogen (secondary N) is 1. The van der Waals surface area contributed by atoms with E-state index in [1.54, 1.807) is 12.1 Å². The number of benzene rings is 1. The third-order valence-electron chi connectivity index (χ3n) is 3.60. The summed E-state index contributed by atoms with van der Waals surface area (Å²) in [4.78, 5) is 4.47. The number of nitriles is 1. The highest BCUT2D eigenvalue weighted by atomic mass is 19.1. The van der Waals surface area contributed by atoms with Crippen LogP contribution in [-0.2, 0) is 12.8 Å². The van der Waals surface area contributed by atoms with E-state index in [4.69, 9.17) is 4.74 Å². The molecule has 1 heterocycles. The molecule has 1 aliphatic carbocycles. The molecule has 0 atom stereocenters. The molecule has 106 valence electrons. The molecule has 5 heteroatoms. The van der Waals surface area contributed by atoms with Gasteiger partial charge in [-0.05, 0) is 43.0 Å². The van der Waals surface area contributed by atoms with Crippen molar-refractivity contribution in [3.63, 3.8) is 0 Å². The van der Waals surface area contributed by atoms with Gasteiger partial charge in [-0.15, -0.1) is 0 Å². The summed E-state index contributed by atoms with van der Waals surface area (Å²) in [6, 6.07) is 8.37. The molecule has 1 aromatic heterocycles. The Labute approximate surface area is 122 Å². The molecule has 1 N–H and O–H groups in total. The number of pyridine rings is 1. The Morgan fingerprint density at radius 2 is 2.19 bits per heavy atom. The van der Waals surface area contributed by atoms with Crippen LogP contribution >= 0.6 is 0 Å². The van der Waals surface area contributed by atoms with Gasteiger partial charge in [-0.1, -0.05) is 0 Å². The lowest BCUT2D eigenvalue weighted by Crippen LogP contribution is -2.02. The topological polar surface area (TPSA) is 57.9 Å². The molecular weight excluding hydrogens is 269 g/mol. The maximum Gasteiger partial charge on any atom is 0.148 e. The molecule has 0 spiro atoms. The Morgan fingerprint density at radius 1 is 1.33 bits per heavy atom. The van der Waals surface area contributed by atoms with Crippen molar-refractivity contribution >= 4 is 11.5 Å². The molecular formula is C16H14FN3O. The van der Waals surface area contributed by atoms with Gasteiger partial charge in [-0.3, -0.25) is 0 Å². The van der Waals surface area contributed by atoms with Crippen LogP contribution in [-0.4, -0.2) is 12.1 Å². The number of methoxy groups -OCH3 is 1. The predicted octanol–water partition coefficient (Wildman–Crippen LogP) is 3.33. The van der Waals surface area contributed by atoms with Crippen molar-refractivity contribution in [1.29, 1.82) is 5.26 Å². The largest absolute Gasteiger partial charge is 0.497 e. The van der Waals surface area contributed by atoms with E-state index >= 15 is 0 Å². The average Bonchev–Trinajstić information content (AvgIpc) is 2.95. The zero-order valence-electron chi connectivity index (χ0n) is 11.6. The molecule has 21 heavy (non-hydrogen) atoms. The van der Waals surface area contributed by atoms with Crippen LogP contribution in [0.15, 0.2) is 24.3 Å². The van der Waals surface area contributed by atoms with E-state index in [2.05, 4.69) is 16.4 Å². The molecule has 0 fully saturated rings. The highest BCUT2D eigenvalue weighted by Gasteiger charge is 2.17. The second-order valence-electron chi connectivity index (χ2n) is 4.93. The first kappa shape index (κ1) is 13.4. The maximum absolute atomic E-state index is 13.9. The van der Waals surface area contributed by atoms with Crippen molar-refractivity contribution in [2.75, 3.05) is 12.4 Å². The first-order valence-electron chi connectivity index (χ1n) is 6.74. The number of hydrogen-bond acceptors (Lipinski definition) is 4. The molecule has 0 unspecified atom stereocenters. The number of aryl methyl sites for hydroxylation is 2. The van der Waals surface area contributed by atoms with Gasteiger partial charge in [0.15, 0.2) is 0 Å². The summed E-state index contributed by atoms with van der Waals surface area (Å²) in [6.07, 6.45) is 2.89. The van der Waals surface area contributed by atoms with Gasteiger partial charge in [0.1, 0.15) is 23.5 Å². The summed E-state index contributed by atoms with van der Waals surface area (Å²) in [5.41, 5.74) is 2.78. The van der Waals surface area contributed by atoms with Crippen LogP contribution in [0.25, 0.3) is 0 Å². The van der Waals surface area contributed by atoms with Crippen molar-refractivity contribution in [1.82, 2.24) is 4.98 Å². The Morgan fingerprint density at radius 3 is 2.95 bits per heavy atom. The van der Waals surface area contributed by atoms with E-state index in [0.29, 0.717) is 17.1 Å². The first-order valence-corrected chi connectivity index (χ1v) is 6.74. The summed E-state index contributed by atoms with van der Waals surface area (Å²) in [5, 5.41) is 12.2. The molecule has 3 rings (SSSR count). The van der Waals surface area contributed by atoms with Crippen LogP contribution < -0.4 is 10.1 Å². The van der Waals surface area contributed by atoms with Gasteiger partial charge in [0.25, 0.3) is 0 Å². The minimum atomic E-state index is -0.415. The van der Waals surface area contributed by atoms with Crippen LogP contribution in [0.2, 0.25) is 0 Å². The van der Waals surface area contributed by atoms with Gasteiger partial charge in [-0.25, -0.2) is 9.37 Å². The van der Waals surface area contributed by atoms with Gasteiger partial charge in [-0.2, -0.15) is 5.26 Å². The molecule has 0 bridgehead atoms. The summed E-state index contributed by atoms with van der Waals surface area (Å²) >= 11 is 0. The van der Waals surface area contributed by atoms with E-state index in [-0.39, 0.29) is 5.69 Å². The van der Waals surface area contributed by atoms with Gasteiger partial charge in [0.2, 0.25) is 0 Å². The highest BCUT2D eigenvalue weighted by molar-refractivity contribution is 5.65. The molecule has 0 amide bonds. The van der Waals surface area contributed by atoms with Gasteiger partial charge in [0, 0.05) is 11.8 Å². The SMILES string of the molecule is COc1ccc(F)c(Nc2nc3c(cc2C#N)CCC3)c1. The number of rotatable bonds is 3. The molecule has 0 saturated carbocycles. The van der Waals surface area contributed by atoms with Crippen molar-refractivity contribution in [3.05, 3.63) is 46.9 Å². The second-order valence-corrected chi connectivity index (χ2v) is 4.93. The number of ether oxygens (including phenoxy) is 1. The molecule has 0 aliphatic heterocycles. The van der Waals surface area contributed by atoms with Gasteiger partial charge >= 0.3 is 0 Å². The Kier molecular flexibility index (Phi) is 3.44.